The van der Waals surface area contributed by atoms with Crippen LogP contribution in [0.1, 0.15) is 50.5 Å². The highest BCUT2D eigenvalue weighted by Crippen LogP contribution is 2.38. The maximum atomic E-state index is 12.8. The molecule has 2 aromatic rings. The molecule has 134 valence electrons. The van der Waals surface area contributed by atoms with E-state index in [0.717, 1.165) is 11.0 Å². The molecule has 25 heavy (non-hydrogen) atoms. The first-order valence-corrected chi connectivity index (χ1v) is 8.62. The summed E-state index contributed by atoms with van der Waals surface area (Å²) in [5.74, 6) is -1.03. The lowest BCUT2D eigenvalue weighted by atomic mass is 9.76. The van der Waals surface area contributed by atoms with E-state index in [4.69, 9.17) is 0 Å². The fraction of sp³-hybridized carbons (Fsp3) is 0.556. The average molecular weight is 344 g/mol. The van der Waals surface area contributed by atoms with Gasteiger partial charge >= 0.3 is 5.97 Å². The van der Waals surface area contributed by atoms with E-state index >= 15 is 0 Å². The third-order valence-corrected chi connectivity index (χ3v) is 5.29. The van der Waals surface area contributed by atoms with Crippen molar-refractivity contribution in [3.63, 3.8) is 0 Å². The molecule has 0 spiro atoms. The fourth-order valence-electron chi connectivity index (χ4n) is 3.52. The van der Waals surface area contributed by atoms with Crippen LogP contribution in [0.4, 0.5) is 0 Å². The van der Waals surface area contributed by atoms with Crippen LogP contribution < -0.4 is 0 Å². The van der Waals surface area contributed by atoms with Gasteiger partial charge in [0, 0.05) is 30.7 Å². The fourth-order valence-corrected chi connectivity index (χ4v) is 3.52. The van der Waals surface area contributed by atoms with Gasteiger partial charge in [-0.2, -0.15) is 5.10 Å². The number of hydrogen-bond donors (Lipinski definition) is 1. The quantitative estimate of drug-likeness (QED) is 0.921. The topological polar surface area (TPSA) is 88.3 Å². The van der Waals surface area contributed by atoms with Crippen molar-refractivity contribution in [1.82, 2.24) is 19.7 Å². The number of aromatic nitrogens is 3. The molecular formula is C18H24N4O3. The molecule has 1 aliphatic rings. The molecule has 0 aliphatic carbocycles. The lowest BCUT2D eigenvalue weighted by Gasteiger charge is -2.28. The second-order valence-corrected chi connectivity index (χ2v) is 7.41. The number of pyridine rings is 1. The standard InChI is InChI=1S/C18H24N4O3/c1-11(2)18(17(24)25)5-6-21(10-18)16(23)14-7-13-9-20-22(12(3)4)15(13)19-8-14/h7-9,11-12H,5-6,10H2,1-4H3,(H,24,25). The van der Waals surface area contributed by atoms with Gasteiger partial charge in [0.05, 0.1) is 17.2 Å². The third-order valence-electron chi connectivity index (χ3n) is 5.29. The van der Waals surface area contributed by atoms with Gasteiger partial charge < -0.3 is 10.0 Å². The van der Waals surface area contributed by atoms with Crippen molar-refractivity contribution < 1.29 is 14.7 Å². The molecule has 7 heteroatoms. The second kappa shape index (κ2) is 6.13. The van der Waals surface area contributed by atoms with Crippen molar-refractivity contribution >= 4 is 22.9 Å². The molecule has 0 bridgehead atoms. The van der Waals surface area contributed by atoms with Crippen LogP contribution >= 0.6 is 0 Å². The first-order valence-electron chi connectivity index (χ1n) is 8.62. The number of aliphatic carboxylic acids is 1. The van der Waals surface area contributed by atoms with E-state index in [0.29, 0.717) is 18.5 Å². The minimum Gasteiger partial charge on any atom is -0.481 e. The highest BCUT2D eigenvalue weighted by Gasteiger charge is 2.48. The zero-order valence-corrected chi connectivity index (χ0v) is 15.1. The summed E-state index contributed by atoms with van der Waals surface area (Å²) in [4.78, 5) is 30.6. The number of carboxylic acid groups (broad SMARTS) is 1. The molecule has 1 atom stereocenters. The van der Waals surface area contributed by atoms with Crippen molar-refractivity contribution in [2.24, 2.45) is 11.3 Å². The average Bonchev–Trinajstić information content (AvgIpc) is 3.18. The third kappa shape index (κ3) is 2.77. The van der Waals surface area contributed by atoms with Crippen molar-refractivity contribution in [3.8, 4) is 0 Å². The molecule has 7 nitrogen and oxygen atoms in total. The summed E-state index contributed by atoms with van der Waals surface area (Å²) in [7, 11) is 0. The largest absolute Gasteiger partial charge is 0.481 e. The van der Waals surface area contributed by atoms with Gasteiger partial charge in [0.1, 0.15) is 0 Å². The maximum Gasteiger partial charge on any atom is 0.311 e. The summed E-state index contributed by atoms with van der Waals surface area (Å²) >= 11 is 0. The Kier molecular flexibility index (Phi) is 4.26. The highest BCUT2D eigenvalue weighted by molar-refractivity contribution is 5.97. The molecule has 3 rings (SSSR count). The molecule has 0 aromatic carbocycles. The van der Waals surface area contributed by atoms with Crippen LogP contribution in [-0.2, 0) is 4.79 Å². The van der Waals surface area contributed by atoms with Crippen molar-refractivity contribution in [2.75, 3.05) is 13.1 Å². The number of rotatable bonds is 4. The molecule has 1 saturated heterocycles. The number of hydrogen-bond acceptors (Lipinski definition) is 4. The first-order chi connectivity index (χ1) is 11.8. The van der Waals surface area contributed by atoms with Crippen LogP contribution in [0.25, 0.3) is 11.0 Å². The Hall–Kier alpha value is -2.44. The molecule has 1 fully saturated rings. The molecule has 0 radical (unpaired) electrons. The molecule has 0 saturated carbocycles. The van der Waals surface area contributed by atoms with Crippen LogP contribution in [0.2, 0.25) is 0 Å². The monoisotopic (exact) mass is 344 g/mol. The zero-order chi connectivity index (χ0) is 18.4. The van der Waals surface area contributed by atoms with E-state index in [1.165, 1.54) is 0 Å². The summed E-state index contributed by atoms with van der Waals surface area (Å²) in [6.07, 6.45) is 3.74. The number of fused-ring (bicyclic) bond motifs is 1. The number of carbonyl (C=O) groups is 2. The van der Waals surface area contributed by atoms with Gasteiger partial charge in [-0.3, -0.25) is 9.59 Å². The number of carbonyl (C=O) groups excluding carboxylic acids is 1. The predicted molar refractivity (Wildman–Crippen MR) is 93.3 cm³/mol. The van der Waals surface area contributed by atoms with Gasteiger partial charge in [0.15, 0.2) is 5.65 Å². The van der Waals surface area contributed by atoms with Gasteiger partial charge in [-0.15, -0.1) is 0 Å². The predicted octanol–water partition coefficient (Wildman–Crippen LogP) is 2.59. The number of amides is 1. The van der Waals surface area contributed by atoms with Crippen LogP contribution in [0.3, 0.4) is 0 Å². The number of carboxylic acids is 1. The van der Waals surface area contributed by atoms with Crippen LogP contribution in [-0.4, -0.2) is 49.7 Å². The zero-order valence-electron chi connectivity index (χ0n) is 15.1. The van der Waals surface area contributed by atoms with E-state index in [1.807, 2.05) is 32.4 Å². The van der Waals surface area contributed by atoms with E-state index < -0.39 is 11.4 Å². The summed E-state index contributed by atoms with van der Waals surface area (Å²) < 4.78 is 1.81. The number of likely N-dealkylation sites (tertiary alicyclic amines) is 1. The van der Waals surface area contributed by atoms with Crippen LogP contribution in [0, 0.1) is 11.3 Å². The minimum atomic E-state index is -0.865. The van der Waals surface area contributed by atoms with Crippen molar-refractivity contribution in [1.29, 1.82) is 0 Å². The van der Waals surface area contributed by atoms with E-state index in [2.05, 4.69) is 10.1 Å². The Balaban J connectivity index is 1.87. The Bertz CT molecular complexity index is 827. The maximum absolute atomic E-state index is 12.8. The van der Waals surface area contributed by atoms with E-state index in [-0.39, 0.29) is 24.4 Å². The first kappa shape index (κ1) is 17.4. The van der Waals surface area contributed by atoms with Crippen LogP contribution in [0.15, 0.2) is 18.5 Å². The van der Waals surface area contributed by atoms with Crippen molar-refractivity contribution in [3.05, 3.63) is 24.0 Å². The van der Waals surface area contributed by atoms with E-state index in [1.54, 1.807) is 23.4 Å². The molecule has 1 aliphatic heterocycles. The van der Waals surface area contributed by atoms with Crippen molar-refractivity contribution in [2.45, 2.75) is 40.2 Å². The van der Waals surface area contributed by atoms with E-state index in [9.17, 15) is 14.7 Å². The Morgan fingerprint density at radius 1 is 1.24 bits per heavy atom. The van der Waals surface area contributed by atoms with Gasteiger partial charge in [-0.25, -0.2) is 9.67 Å². The molecule has 1 amide bonds. The van der Waals surface area contributed by atoms with Gasteiger partial charge in [0.2, 0.25) is 0 Å². The smallest absolute Gasteiger partial charge is 0.311 e. The van der Waals surface area contributed by atoms with Gasteiger partial charge in [-0.05, 0) is 32.3 Å². The van der Waals surface area contributed by atoms with Crippen LogP contribution in [0.5, 0.6) is 0 Å². The second-order valence-electron chi connectivity index (χ2n) is 7.41. The number of nitrogens with zero attached hydrogens (tertiary/aromatic N) is 4. The highest BCUT2D eigenvalue weighted by atomic mass is 16.4. The lowest BCUT2D eigenvalue weighted by Crippen LogP contribution is -2.40. The molecule has 3 heterocycles. The molecule has 1 N–H and O–H groups in total. The SMILES string of the molecule is CC(C)n1ncc2cc(C(=O)N3CCC(C(=O)O)(C(C)C)C3)cnc21. The molecule has 2 aromatic heterocycles. The summed E-state index contributed by atoms with van der Waals surface area (Å²) in [5.41, 5.74) is 0.353. The van der Waals surface area contributed by atoms with Gasteiger partial charge in [0.25, 0.3) is 5.91 Å². The molecule has 1 unspecified atom stereocenters. The Morgan fingerprint density at radius 2 is 1.96 bits per heavy atom. The van der Waals surface area contributed by atoms with Gasteiger partial charge in [-0.1, -0.05) is 13.8 Å². The summed E-state index contributed by atoms with van der Waals surface area (Å²) in [6, 6.07) is 1.97. The minimum absolute atomic E-state index is 0.0346. The lowest BCUT2D eigenvalue weighted by molar-refractivity contribution is -0.150. The Morgan fingerprint density at radius 3 is 2.52 bits per heavy atom. The summed E-state index contributed by atoms with van der Waals surface area (Å²) in [6.45, 7) is 8.53. The molecular weight excluding hydrogens is 320 g/mol. The normalized spacial score (nSPS) is 20.8. The summed E-state index contributed by atoms with van der Waals surface area (Å²) in [5, 5.41) is 14.8. The Labute approximate surface area is 146 Å².